The van der Waals surface area contributed by atoms with Gasteiger partial charge in [-0.2, -0.15) is 0 Å². The number of carbonyl (C=O) groups excluding carboxylic acids is 1. The summed E-state index contributed by atoms with van der Waals surface area (Å²) in [4.78, 5) is 14.4. The smallest absolute Gasteiger partial charge is 0.254 e. The van der Waals surface area contributed by atoms with Crippen molar-refractivity contribution in [2.24, 2.45) is 0 Å². The van der Waals surface area contributed by atoms with Crippen molar-refractivity contribution in [3.05, 3.63) is 71.3 Å². The minimum atomic E-state index is -0.0295. The minimum absolute atomic E-state index is 0.0295. The van der Waals surface area contributed by atoms with Gasteiger partial charge in [-0.1, -0.05) is 24.3 Å². The number of methoxy groups -OCH3 is 2. The molecule has 0 saturated carbocycles. The Bertz CT molecular complexity index is 949. The van der Waals surface area contributed by atoms with Gasteiger partial charge in [-0.25, -0.2) is 0 Å². The molecule has 26 heavy (non-hydrogen) atoms. The van der Waals surface area contributed by atoms with Crippen molar-refractivity contribution in [3.63, 3.8) is 0 Å². The van der Waals surface area contributed by atoms with Gasteiger partial charge < -0.3 is 14.4 Å². The number of fused-ring (bicyclic) bond motifs is 1. The van der Waals surface area contributed by atoms with E-state index in [9.17, 15) is 4.79 Å². The lowest BCUT2D eigenvalue weighted by Gasteiger charge is -2.18. The molecular formula is C22H23NO3. The largest absolute Gasteiger partial charge is 0.497 e. The summed E-state index contributed by atoms with van der Waals surface area (Å²) in [5.41, 5.74) is 2.72. The average Bonchev–Trinajstić information content (AvgIpc) is 2.67. The van der Waals surface area contributed by atoms with E-state index >= 15 is 0 Å². The summed E-state index contributed by atoms with van der Waals surface area (Å²) >= 11 is 0. The molecule has 0 bridgehead atoms. The molecule has 3 aromatic rings. The van der Waals surface area contributed by atoms with Crippen LogP contribution in [0.15, 0.2) is 54.6 Å². The van der Waals surface area contributed by atoms with Gasteiger partial charge in [0, 0.05) is 19.2 Å². The first-order valence-corrected chi connectivity index (χ1v) is 8.48. The van der Waals surface area contributed by atoms with E-state index in [0.29, 0.717) is 12.1 Å². The van der Waals surface area contributed by atoms with Crippen molar-refractivity contribution < 1.29 is 14.3 Å². The molecule has 0 aliphatic heterocycles. The lowest BCUT2D eigenvalue weighted by atomic mass is 10.1. The molecule has 0 N–H and O–H groups in total. The van der Waals surface area contributed by atoms with Crippen LogP contribution in [0.5, 0.6) is 11.5 Å². The van der Waals surface area contributed by atoms with Crippen molar-refractivity contribution in [1.82, 2.24) is 4.90 Å². The highest BCUT2D eigenvalue weighted by molar-refractivity contribution is 5.94. The van der Waals surface area contributed by atoms with Crippen LogP contribution in [0.1, 0.15) is 21.5 Å². The SMILES string of the molecule is COc1ccc2cc(CN(C)C(=O)c3ccc(C)c(OC)c3)ccc2c1. The summed E-state index contributed by atoms with van der Waals surface area (Å²) in [7, 11) is 5.09. The van der Waals surface area contributed by atoms with Crippen LogP contribution < -0.4 is 9.47 Å². The van der Waals surface area contributed by atoms with Crippen molar-refractivity contribution in [2.45, 2.75) is 13.5 Å². The van der Waals surface area contributed by atoms with E-state index in [0.717, 1.165) is 33.4 Å². The van der Waals surface area contributed by atoms with E-state index in [1.165, 1.54) is 0 Å². The molecular weight excluding hydrogens is 326 g/mol. The molecule has 0 unspecified atom stereocenters. The second-order valence-corrected chi connectivity index (χ2v) is 6.39. The van der Waals surface area contributed by atoms with Crippen LogP contribution in [-0.2, 0) is 6.54 Å². The molecule has 0 radical (unpaired) electrons. The second-order valence-electron chi connectivity index (χ2n) is 6.39. The van der Waals surface area contributed by atoms with Crippen LogP contribution in [0.3, 0.4) is 0 Å². The molecule has 1 amide bonds. The van der Waals surface area contributed by atoms with Crippen LogP contribution in [-0.4, -0.2) is 32.1 Å². The number of rotatable bonds is 5. The lowest BCUT2D eigenvalue weighted by Crippen LogP contribution is -2.26. The Morgan fingerprint density at radius 1 is 0.923 bits per heavy atom. The maximum atomic E-state index is 12.7. The van der Waals surface area contributed by atoms with E-state index < -0.39 is 0 Å². The van der Waals surface area contributed by atoms with E-state index in [2.05, 4.69) is 12.1 Å². The summed E-state index contributed by atoms with van der Waals surface area (Å²) in [5.74, 6) is 1.54. The third kappa shape index (κ3) is 3.64. The molecule has 0 aliphatic rings. The van der Waals surface area contributed by atoms with Crippen molar-refractivity contribution in [3.8, 4) is 11.5 Å². The molecule has 0 fully saturated rings. The Hall–Kier alpha value is -3.01. The standard InChI is InChI=1S/C22H23NO3/c1-15-5-7-19(13-21(15)26-4)22(24)23(2)14-16-6-8-18-12-20(25-3)10-9-17(18)11-16/h5-13H,14H2,1-4H3. The maximum absolute atomic E-state index is 12.7. The van der Waals surface area contributed by atoms with E-state index in [1.807, 2.05) is 50.4 Å². The van der Waals surface area contributed by atoms with E-state index in [-0.39, 0.29) is 5.91 Å². The zero-order valence-electron chi connectivity index (χ0n) is 15.6. The van der Waals surface area contributed by atoms with Gasteiger partial charge in [0.1, 0.15) is 11.5 Å². The van der Waals surface area contributed by atoms with Gasteiger partial charge in [-0.15, -0.1) is 0 Å². The normalized spacial score (nSPS) is 10.6. The van der Waals surface area contributed by atoms with E-state index in [1.54, 1.807) is 25.2 Å². The Morgan fingerprint density at radius 3 is 2.38 bits per heavy atom. The van der Waals surface area contributed by atoms with Gasteiger partial charge in [0.05, 0.1) is 14.2 Å². The number of amides is 1. The summed E-state index contributed by atoms with van der Waals surface area (Å²) < 4.78 is 10.6. The molecule has 3 aromatic carbocycles. The number of hydrogen-bond donors (Lipinski definition) is 0. The fourth-order valence-corrected chi connectivity index (χ4v) is 3.02. The number of aryl methyl sites for hydroxylation is 1. The van der Waals surface area contributed by atoms with Gasteiger partial charge in [-0.3, -0.25) is 4.79 Å². The molecule has 4 nitrogen and oxygen atoms in total. The summed E-state index contributed by atoms with van der Waals surface area (Å²) in [6.07, 6.45) is 0. The van der Waals surface area contributed by atoms with Crippen LogP contribution in [0.4, 0.5) is 0 Å². The first kappa shape index (κ1) is 17.8. The first-order chi connectivity index (χ1) is 12.5. The first-order valence-electron chi connectivity index (χ1n) is 8.48. The zero-order valence-corrected chi connectivity index (χ0v) is 15.6. The number of nitrogens with zero attached hydrogens (tertiary/aromatic N) is 1. The lowest BCUT2D eigenvalue weighted by molar-refractivity contribution is 0.0785. The fourth-order valence-electron chi connectivity index (χ4n) is 3.02. The van der Waals surface area contributed by atoms with Gasteiger partial charge in [-0.05, 0) is 59.2 Å². The molecule has 0 saturated heterocycles. The Morgan fingerprint density at radius 2 is 1.65 bits per heavy atom. The third-order valence-electron chi connectivity index (χ3n) is 4.53. The third-order valence-corrected chi connectivity index (χ3v) is 4.53. The summed E-state index contributed by atoms with van der Waals surface area (Å²) in [6, 6.07) is 17.7. The number of benzene rings is 3. The molecule has 0 aliphatic carbocycles. The highest BCUT2D eigenvalue weighted by Gasteiger charge is 2.14. The maximum Gasteiger partial charge on any atom is 0.254 e. The second kappa shape index (κ2) is 7.48. The average molecular weight is 349 g/mol. The number of carbonyl (C=O) groups is 1. The Balaban J connectivity index is 1.79. The van der Waals surface area contributed by atoms with Crippen LogP contribution in [0, 0.1) is 6.92 Å². The molecule has 0 heterocycles. The zero-order chi connectivity index (χ0) is 18.7. The summed E-state index contributed by atoms with van der Waals surface area (Å²) in [6.45, 7) is 2.50. The molecule has 0 aromatic heterocycles. The van der Waals surface area contributed by atoms with Gasteiger partial charge in [0.15, 0.2) is 0 Å². The van der Waals surface area contributed by atoms with Gasteiger partial charge in [0.25, 0.3) is 5.91 Å². The minimum Gasteiger partial charge on any atom is -0.497 e. The van der Waals surface area contributed by atoms with Crippen molar-refractivity contribution in [1.29, 1.82) is 0 Å². The highest BCUT2D eigenvalue weighted by Crippen LogP contribution is 2.23. The Labute approximate surface area is 154 Å². The topological polar surface area (TPSA) is 38.8 Å². The van der Waals surface area contributed by atoms with Crippen molar-refractivity contribution in [2.75, 3.05) is 21.3 Å². The quantitative estimate of drug-likeness (QED) is 0.684. The number of hydrogen-bond acceptors (Lipinski definition) is 3. The predicted molar refractivity (Wildman–Crippen MR) is 104 cm³/mol. The predicted octanol–water partition coefficient (Wildman–Crippen LogP) is 4.44. The summed E-state index contributed by atoms with van der Waals surface area (Å²) in [5, 5.41) is 2.24. The van der Waals surface area contributed by atoms with E-state index in [4.69, 9.17) is 9.47 Å². The monoisotopic (exact) mass is 349 g/mol. The van der Waals surface area contributed by atoms with Crippen molar-refractivity contribution >= 4 is 16.7 Å². The van der Waals surface area contributed by atoms with Crippen LogP contribution >= 0.6 is 0 Å². The van der Waals surface area contributed by atoms with Crippen LogP contribution in [0.25, 0.3) is 10.8 Å². The Kier molecular flexibility index (Phi) is 5.12. The molecule has 4 heteroatoms. The van der Waals surface area contributed by atoms with Gasteiger partial charge in [0.2, 0.25) is 0 Å². The molecule has 0 spiro atoms. The molecule has 3 rings (SSSR count). The number of ether oxygens (including phenoxy) is 2. The molecule has 0 atom stereocenters. The fraction of sp³-hybridized carbons (Fsp3) is 0.227. The molecule has 134 valence electrons. The highest BCUT2D eigenvalue weighted by atomic mass is 16.5. The van der Waals surface area contributed by atoms with Gasteiger partial charge >= 0.3 is 0 Å². The van der Waals surface area contributed by atoms with Crippen LogP contribution in [0.2, 0.25) is 0 Å².